The molecule has 0 spiro atoms. The number of nitrogens with zero attached hydrogens (tertiary/aromatic N) is 5. The molecular formula is C12H7N5. The number of pyridine rings is 1. The Kier molecular flexibility index (Phi) is 2.06. The Hall–Kier alpha value is -2.74. The van der Waals surface area contributed by atoms with Gasteiger partial charge in [0.25, 0.3) is 0 Å². The summed E-state index contributed by atoms with van der Waals surface area (Å²) < 4.78 is 1.73. The molecule has 17 heavy (non-hydrogen) atoms. The van der Waals surface area contributed by atoms with Crippen molar-refractivity contribution in [3.8, 4) is 5.69 Å². The second kappa shape index (κ2) is 3.68. The molecule has 3 aromatic rings. The van der Waals surface area contributed by atoms with Crippen LogP contribution in [-0.4, -0.2) is 20.0 Å². The molecule has 0 fully saturated rings. The lowest BCUT2D eigenvalue weighted by Gasteiger charge is -2.00. The highest BCUT2D eigenvalue weighted by molar-refractivity contribution is 5.80. The fraction of sp³-hybridized carbons (Fsp3) is 0. The SMILES string of the molecule is [C-]#[N+]c1ccc2c(c1)nnn2-c1ccncc1. The molecule has 0 radical (unpaired) electrons. The monoisotopic (exact) mass is 221 g/mol. The molecule has 80 valence electrons. The van der Waals surface area contributed by atoms with E-state index >= 15 is 0 Å². The number of hydrogen-bond acceptors (Lipinski definition) is 3. The van der Waals surface area contributed by atoms with E-state index < -0.39 is 0 Å². The number of benzene rings is 1. The van der Waals surface area contributed by atoms with Gasteiger partial charge in [0.1, 0.15) is 5.52 Å². The average molecular weight is 221 g/mol. The van der Waals surface area contributed by atoms with Crippen molar-refractivity contribution in [2.75, 3.05) is 0 Å². The van der Waals surface area contributed by atoms with E-state index in [0.717, 1.165) is 16.7 Å². The summed E-state index contributed by atoms with van der Waals surface area (Å²) in [6.07, 6.45) is 3.41. The summed E-state index contributed by atoms with van der Waals surface area (Å²) in [5.74, 6) is 0. The lowest BCUT2D eigenvalue weighted by molar-refractivity contribution is 0.822. The van der Waals surface area contributed by atoms with Crippen molar-refractivity contribution >= 4 is 16.7 Å². The van der Waals surface area contributed by atoms with Crippen LogP contribution in [0.4, 0.5) is 5.69 Å². The lowest BCUT2D eigenvalue weighted by Crippen LogP contribution is -1.95. The molecule has 2 heterocycles. The first-order valence-electron chi connectivity index (χ1n) is 5.02. The van der Waals surface area contributed by atoms with Crippen LogP contribution < -0.4 is 0 Å². The Morgan fingerprint density at radius 2 is 1.94 bits per heavy atom. The van der Waals surface area contributed by atoms with E-state index in [1.54, 1.807) is 29.2 Å². The topological polar surface area (TPSA) is 48.0 Å². The van der Waals surface area contributed by atoms with Gasteiger partial charge in [-0.15, -0.1) is 5.10 Å². The molecule has 0 saturated carbocycles. The van der Waals surface area contributed by atoms with Crippen LogP contribution in [0.15, 0.2) is 42.7 Å². The van der Waals surface area contributed by atoms with E-state index in [4.69, 9.17) is 6.57 Å². The minimum absolute atomic E-state index is 0.569. The molecule has 1 aromatic carbocycles. The van der Waals surface area contributed by atoms with Gasteiger partial charge < -0.3 is 0 Å². The van der Waals surface area contributed by atoms with Crippen LogP contribution in [0.3, 0.4) is 0 Å². The molecule has 5 heteroatoms. The number of hydrogen-bond donors (Lipinski definition) is 0. The standard InChI is InChI=1S/C12H7N5/c1-13-9-2-3-12-11(8-9)15-16-17(12)10-4-6-14-7-5-10/h2-8H. The maximum atomic E-state index is 6.95. The summed E-state index contributed by atoms with van der Waals surface area (Å²) in [5.41, 5.74) is 3.07. The molecular weight excluding hydrogens is 214 g/mol. The van der Waals surface area contributed by atoms with Crippen LogP contribution in [0.2, 0.25) is 0 Å². The van der Waals surface area contributed by atoms with Gasteiger partial charge in [-0.1, -0.05) is 11.3 Å². The van der Waals surface area contributed by atoms with Crippen LogP contribution in [0, 0.1) is 6.57 Å². The van der Waals surface area contributed by atoms with Crippen LogP contribution >= 0.6 is 0 Å². The Bertz CT molecular complexity index is 709. The van der Waals surface area contributed by atoms with Crippen molar-refractivity contribution in [1.29, 1.82) is 0 Å². The minimum atomic E-state index is 0.569. The molecule has 0 saturated heterocycles. The number of fused-ring (bicyclic) bond motifs is 1. The molecule has 0 N–H and O–H groups in total. The van der Waals surface area contributed by atoms with Crippen LogP contribution in [-0.2, 0) is 0 Å². The van der Waals surface area contributed by atoms with Crippen molar-refractivity contribution in [3.63, 3.8) is 0 Å². The first kappa shape index (κ1) is 9.48. The second-order valence-electron chi connectivity index (χ2n) is 3.49. The molecule has 0 unspecified atom stereocenters. The molecule has 0 bridgehead atoms. The van der Waals surface area contributed by atoms with E-state index in [9.17, 15) is 0 Å². The van der Waals surface area contributed by atoms with E-state index in [1.165, 1.54) is 0 Å². The minimum Gasteiger partial charge on any atom is -0.265 e. The van der Waals surface area contributed by atoms with Gasteiger partial charge in [-0.05, 0) is 24.3 Å². The van der Waals surface area contributed by atoms with Gasteiger partial charge in [0.2, 0.25) is 0 Å². The van der Waals surface area contributed by atoms with Crippen LogP contribution in [0.5, 0.6) is 0 Å². The van der Waals surface area contributed by atoms with Crippen molar-refractivity contribution < 1.29 is 0 Å². The van der Waals surface area contributed by atoms with Crippen molar-refractivity contribution in [3.05, 3.63) is 54.1 Å². The van der Waals surface area contributed by atoms with Gasteiger partial charge in [0, 0.05) is 12.4 Å². The largest absolute Gasteiger partial charge is 0.265 e. The van der Waals surface area contributed by atoms with Crippen molar-refractivity contribution in [2.24, 2.45) is 0 Å². The third-order valence-electron chi connectivity index (χ3n) is 2.47. The van der Waals surface area contributed by atoms with Crippen molar-refractivity contribution in [2.45, 2.75) is 0 Å². The molecule has 3 rings (SSSR count). The Balaban J connectivity index is 2.23. The maximum Gasteiger partial charge on any atom is 0.189 e. The highest BCUT2D eigenvalue weighted by Gasteiger charge is 2.06. The number of aromatic nitrogens is 4. The Morgan fingerprint density at radius 1 is 1.12 bits per heavy atom. The summed E-state index contributed by atoms with van der Waals surface area (Å²) in [6, 6.07) is 9.06. The average Bonchev–Trinajstić information content (AvgIpc) is 2.82. The van der Waals surface area contributed by atoms with Crippen LogP contribution in [0.1, 0.15) is 0 Å². The Morgan fingerprint density at radius 3 is 2.71 bits per heavy atom. The third-order valence-corrected chi connectivity index (χ3v) is 2.47. The van der Waals surface area contributed by atoms with E-state index in [0.29, 0.717) is 5.69 Å². The summed E-state index contributed by atoms with van der Waals surface area (Å²) in [7, 11) is 0. The molecule has 0 aliphatic heterocycles. The van der Waals surface area contributed by atoms with E-state index in [2.05, 4.69) is 20.1 Å². The molecule has 0 atom stereocenters. The zero-order valence-electron chi connectivity index (χ0n) is 8.78. The normalized spacial score (nSPS) is 10.3. The zero-order valence-corrected chi connectivity index (χ0v) is 8.78. The zero-order chi connectivity index (χ0) is 11.7. The van der Waals surface area contributed by atoms with E-state index in [1.807, 2.05) is 18.2 Å². The smallest absolute Gasteiger partial charge is 0.189 e. The second-order valence-corrected chi connectivity index (χ2v) is 3.49. The lowest BCUT2D eigenvalue weighted by atomic mass is 10.2. The fourth-order valence-electron chi connectivity index (χ4n) is 1.66. The van der Waals surface area contributed by atoms with Crippen LogP contribution in [0.25, 0.3) is 21.6 Å². The first-order chi connectivity index (χ1) is 8.38. The summed E-state index contributed by atoms with van der Waals surface area (Å²) in [6.45, 7) is 6.95. The van der Waals surface area contributed by atoms with Gasteiger partial charge in [-0.2, -0.15) is 0 Å². The molecule has 2 aromatic heterocycles. The van der Waals surface area contributed by atoms with E-state index in [-0.39, 0.29) is 0 Å². The highest BCUT2D eigenvalue weighted by Crippen LogP contribution is 2.21. The third kappa shape index (κ3) is 1.52. The summed E-state index contributed by atoms with van der Waals surface area (Å²) in [4.78, 5) is 7.33. The molecule has 0 amide bonds. The molecule has 0 aliphatic carbocycles. The van der Waals surface area contributed by atoms with Gasteiger partial charge in [0.05, 0.1) is 17.8 Å². The quantitative estimate of drug-likeness (QED) is 0.593. The summed E-state index contributed by atoms with van der Waals surface area (Å²) in [5, 5.41) is 8.13. The van der Waals surface area contributed by atoms with Crippen molar-refractivity contribution in [1.82, 2.24) is 20.0 Å². The molecule has 0 aliphatic rings. The van der Waals surface area contributed by atoms with Gasteiger partial charge in [-0.3, -0.25) is 4.98 Å². The fourth-order valence-corrected chi connectivity index (χ4v) is 1.66. The number of rotatable bonds is 1. The molecule has 5 nitrogen and oxygen atoms in total. The predicted molar refractivity (Wildman–Crippen MR) is 62.9 cm³/mol. The van der Waals surface area contributed by atoms with Gasteiger partial charge in [-0.25, -0.2) is 9.53 Å². The summed E-state index contributed by atoms with van der Waals surface area (Å²) >= 11 is 0. The van der Waals surface area contributed by atoms with Gasteiger partial charge in [0.15, 0.2) is 5.69 Å². The predicted octanol–water partition coefficient (Wildman–Crippen LogP) is 2.37. The maximum absolute atomic E-state index is 6.95. The Labute approximate surface area is 97.2 Å². The van der Waals surface area contributed by atoms with Gasteiger partial charge >= 0.3 is 0 Å². The first-order valence-corrected chi connectivity index (χ1v) is 5.02. The highest BCUT2D eigenvalue weighted by atomic mass is 15.4.